The maximum absolute atomic E-state index is 5.89. The van der Waals surface area contributed by atoms with Crippen molar-refractivity contribution in [1.29, 1.82) is 0 Å². The number of nitrogens with two attached hydrogens (primary N) is 1. The van der Waals surface area contributed by atoms with Gasteiger partial charge in [-0.25, -0.2) is 5.43 Å². The molecule has 0 aliphatic rings. The summed E-state index contributed by atoms with van der Waals surface area (Å²) in [5.41, 5.74) is 4.90. The highest BCUT2D eigenvalue weighted by molar-refractivity contribution is 9.10. The molecule has 0 saturated heterocycles. The average Bonchev–Trinajstić information content (AvgIpc) is 2.42. The summed E-state index contributed by atoms with van der Waals surface area (Å²) in [7, 11) is 1.64. The van der Waals surface area contributed by atoms with Gasteiger partial charge in [0.05, 0.1) is 17.6 Å². The van der Waals surface area contributed by atoms with Crippen LogP contribution in [0.25, 0.3) is 0 Å². The molecule has 0 spiro atoms. The summed E-state index contributed by atoms with van der Waals surface area (Å²) in [5, 5.41) is 0.704. The minimum Gasteiger partial charge on any atom is -0.496 e. The van der Waals surface area contributed by atoms with E-state index >= 15 is 0 Å². The number of benzene rings is 2. The van der Waals surface area contributed by atoms with Crippen LogP contribution >= 0.6 is 27.5 Å². The second-order valence-electron chi connectivity index (χ2n) is 4.05. The third-order valence-corrected chi connectivity index (χ3v) is 3.75. The number of rotatable bonds is 4. The molecule has 3 N–H and O–H groups in total. The van der Waals surface area contributed by atoms with Gasteiger partial charge >= 0.3 is 0 Å². The summed E-state index contributed by atoms with van der Waals surface area (Å²) in [5.74, 6) is 6.45. The molecule has 2 rings (SSSR count). The SMILES string of the molecule is COc1ccc(C(NN)c2ccc(Cl)cc2)cc1Br. The lowest BCUT2D eigenvalue weighted by Gasteiger charge is -2.18. The van der Waals surface area contributed by atoms with Gasteiger partial charge in [0.2, 0.25) is 0 Å². The van der Waals surface area contributed by atoms with Gasteiger partial charge in [-0.15, -0.1) is 0 Å². The molecule has 0 amide bonds. The van der Waals surface area contributed by atoms with Crippen LogP contribution < -0.4 is 16.0 Å². The van der Waals surface area contributed by atoms with E-state index in [1.54, 1.807) is 7.11 Å². The molecule has 3 nitrogen and oxygen atoms in total. The molecule has 2 aromatic carbocycles. The maximum Gasteiger partial charge on any atom is 0.133 e. The Morgan fingerprint density at radius 1 is 1.16 bits per heavy atom. The molecule has 0 bridgehead atoms. The van der Waals surface area contributed by atoms with E-state index < -0.39 is 0 Å². The minimum atomic E-state index is -0.0977. The first kappa shape index (κ1) is 14.3. The number of hydrazine groups is 1. The largest absolute Gasteiger partial charge is 0.496 e. The van der Waals surface area contributed by atoms with E-state index in [2.05, 4.69) is 21.4 Å². The third kappa shape index (κ3) is 3.28. The van der Waals surface area contributed by atoms with Gasteiger partial charge in [-0.1, -0.05) is 29.8 Å². The van der Waals surface area contributed by atoms with Crippen molar-refractivity contribution in [3.8, 4) is 5.75 Å². The Balaban J connectivity index is 2.36. The Morgan fingerprint density at radius 3 is 2.32 bits per heavy atom. The van der Waals surface area contributed by atoms with Gasteiger partial charge in [0.25, 0.3) is 0 Å². The lowest BCUT2D eigenvalue weighted by molar-refractivity contribution is 0.411. The van der Waals surface area contributed by atoms with Crippen molar-refractivity contribution in [3.05, 3.63) is 63.1 Å². The molecule has 1 unspecified atom stereocenters. The summed E-state index contributed by atoms with van der Waals surface area (Å²) in [6, 6.07) is 13.4. The Hall–Kier alpha value is -1.07. The predicted octanol–water partition coefficient (Wildman–Crippen LogP) is 3.66. The van der Waals surface area contributed by atoms with Crippen molar-refractivity contribution in [2.45, 2.75) is 6.04 Å². The lowest BCUT2D eigenvalue weighted by atomic mass is 9.99. The van der Waals surface area contributed by atoms with Gasteiger partial charge in [0.15, 0.2) is 0 Å². The molecule has 0 saturated carbocycles. The van der Waals surface area contributed by atoms with Gasteiger partial charge in [0.1, 0.15) is 5.75 Å². The molecule has 0 aromatic heterocycles. The summed E-state index contributed by atoms with van der Waals surface area (Å²) in [4.78, 5) is 0. The van der Waals surface area contributed by atoms with E-state index in [0.29, 0.717) is 5.02 Å². The molecule has 2 aromatic rings. The van der Waals surface area contributed by atoms with E-state index in [9.17, 15) is 0 Å². The fraction of sp³-hybridized carbons (Fsp3) is 0.143. The molecule has 0 radical (unpaired) electrons. The molecule has 0 aliphatic heterocycles. The van der Waals surface area contributed by atoms with E-state index in [-0.39, 0.29) is 6.04 Å². The molecule has 0 fully saturated rings. The van der Waals surface area contributed by atoms with Crippen LogP contribution in [0, 0.1) is 0 Å². The van der Waals surface area contributed by atoms with Gasteiger partial charge < -0.3 is 4.74 Å². The number of methoxy groups -OCH3 is 1. The molecule has 0 aliphatic carbocycles. The Bertz CT molecular complexity index is 560. The third-order valence-electron chi connectivity index (χ3n) is 2.88. The summed E-state index contributed by atoms with van der Waals surface area (Å²) >= 11 is 9.37. The highest BCUT2D eigenvalue weighted by Crippen LogP contribution is 2.30. The maximum atomic E-state index is 5.89. The fourth-order valence-corrected chi connectivity index (χ4v) is 2.59. The zero-order valence-electron chi connectivity index (χ0n) is 10.4. The van der Waals surface area contributed by atoms with Crippen LogP contribution in [0.2, 0.25) is 5.02 Å². The minimum absolute atomic E-state index is 0.0977. The molecular weight excluding hydrogens is 328 g/mol. The first-order valence-electron chi connectivity index (χ1n) is 5.70. The van der Waals surface area contributed by atoms with Gasteiger partial charge in [-0.3, -0.25) is 5.84 Å². The van der Waals surface area contributed by atoms with Gasteiger partial charge in [-0.2, -0.15) is 0 Å². The molecule has 100 valence electrons. The highest BCUT2D eigenvalue weighted by atomic mass is 79.9. The average molecular weight is 342 g/mol. The Morgan fingerprint density at radius 2 is 1.79 bits per heavy atom. The molecule has 5 heteroatoms. The van der Waals surface area contributed by atoms with E-state index in [1.165, 1.54) is 0 Å². The van der Waals surface area contributed by atoms with Crippen LogP contribution in [0.3, 0.4) is 0 Å². The van der Waals surface area contributed by atoms with Crippen LogP contribution in [0.1, 0.15) is 17.2 Å². The van der Waals surface area contributed by atoms with Crippen LogP contribution in [0.15, 0.2) is 46.9 Å². The van der Waals surface area contributed by atoms with Crippen LogP contribution in [-0.4, -0.2) is 7.11 Å². The van der Waals surface area contributed by atoms with Crippen molar-refractivity contribution in [1.82, 2.24) is 5.43 Å². The Kier molecular flexibility index (Phi) is 4.82. The summed E-state index contributed by atoms with van der Waals surface area (Å²) < 4.78 is 6.11. The molecule has 1 atom stereocenters. The topological polar surface area (TPSA) is 47.3 Å². The predicted molar refractivity (Wildman–Crippen MR) is 81.3 cm³/mol. The zero-order valence-corrected chi connectivity index (χ0v) is 12.7. The summed E-state index contributed by atoms with van der Waals surface area (Å²) in [6.45, 7) is 0. The first-order valence-corrected chi connectivity index (χ1v) is 6.88. The summed E-state index contributed by atoms with van der Waals surface area (Å²) in [6.07, 6.45) is 0. The standard InChI is InChI=1S/C14H14BrClN2O/c1-19-13-7-4-10(8-12(13)15)14(18-17)9-2-5-11(16)6-3-9/h2-8,14,18H,17H2,1H3. The highest BCUT2D eigenvalue weighted by Gasteiger charge is 2.13. The van der Waals surface area contributed by atoms with Crippen molar-refractivity contribution in [2.24, 2.45) is 5.84 Å². The van der Waals surface area contributed by atoms with Gasteiger partial charge in [0, 0.05) is 5.02 Å². The molecule has 19 heavy (non-hydrogen) atoms. The smallest absolute Gasteiger partial charge is 0.133 e. The first-order chi connectivity index (χ1) is 9.15. The van der Waals surface area contributed by atoms with Crippen LogP contribution in [0.4, 0.5) is 0 Å². The number of hydrogen-bond acceptors (Lipinski definition) is 3. The number of nitrogens with one attached hydrogen (secondary N) is 1. The lowest BCUT2D eigenvalue weighted by Crippen LogP contribution is -2.28. The number of halogens is 2. The second kappa shape index (κ2) is 6.39. The van der Waals surface area contributed by atoms with E-state index in [4.69, 9.17) is 22.2 Å². The van der Waals surface area contributed by atoms with E-state index in [0.717, 1.165) is 21.3 Å². The number of ether oxygens (including phenoxy) is 1. The van der Waals surface area contributed by atoms with Crippen molar-refractivity contribution >= 4 is 27.5 Å². The fourth-order valence-electron chi connectivity index (χ4n) is 1.90. The normalized spacial score (nSPS) is 12.2. The van der Waals surface area contributed by atoms with Crippen molar-refractivity contribution < 1.29 is 4.74 Å². The molecular formula is C14H14BrClN2O. The van der Waals surface area contributed by atoms with E-state index in [1.807, 2.05) is 42.5 Å². The van der Waals surface area contributed by atoms with Crippen LogP contribution in [0.5, 0.6) is 5.75 Å². The molecule has 0 heterocycles. The van der Waals surface area contributed by atoms with Gasteiger partial charge in [-0.05, 0) is 51.3 Å². The van der Waals surface area contributed by atoms with Crippen LogP contribution in [-0.2, 0) is 0 Å². The van der Waals surface area contributed by atoms with Crippen molar-refractivity contribution in [2.75, 3.05) is 7.11 Å². The van der Waals surface area contributed by atoms with Crippen molar-refractivity contribution in [3.63, 3.8) is 0 Å². The number of hydrogen-bond donors (Lipinski definition) is 2. The monoisotopic (exact) mass is 340 g/mol. The zero-order chi connectivity index (χ0) is 13.8. The quantitative estimate of drug-likeness (QED) is 0.659. The second-order valence-corrected chi connectivity index (χ2v) is 5.34. The Labute approximate surface area is 125 Å².